The maximum atomic E-state index is 13.0. The summed E-state index contributed by atoms with van der Waals surface area (Å²) in [6.07, 6.45) is -4.00. The second-order valence-corrected chi connectivity index (χ2v) is 7.69. The number of halogens is 5. The molecule has 2 bridgehead atoms. The van der Waals surface area contributed by atoms with E-state index in [-0.39, 0.29) is 17.5 Å². The van der Waals surface area contributed by atoms with E-state index in [1.165, 1.54) is 6.07 Å². The number of piperidine rings is 3. The number of carboxylic acids is 1. The van der Waals surface area contributed by atoms with E-state index >= 15 is 0 Å². The van der Waals surface area contributed by atoms with Crippen molar-refractivity contribution in [3.63, 3.8) is 0 Å². The summed E-state index contributed by atoms with van der Waals surface area (Å²) in [5.74, 6) is -3.00. The maximum absolute atomic E-state index is 13.0. The number of carbonyl (C=O) groups excluding carboxylic acids is 2. The summed E-state index contributed by atoms with van der Waals surface area (Å²) in [5, 5.41) is 7.84. The van der Waals surface area contributed by atoms with Gasteiger partial charge in [-0.15, -0.1) is 0 Å². The Morgan fingerprint density at radius 2 is 1.79 bits per heavy atom. The third kappa shape index (κ3) is 4.01. The fraction of sp³-hybridized carbons (Fsp3) is 0.471. The van der Waals surface area contributed by atoms with Gasteiger partial charge >= 0.3 is 18.2 Å². The van der Waals surface area contributed by atoms with Gasteiger partial charge in [0.1, 0.15) is 0 Å². The van der Waals surface area contributed by atoms with Crippen LogP contribution in [0.4, 0.5) is 23.7 Å². The lowest BCUT2D eigenvalue weighted by atomic mass is 9.75. The van der Waals surface area contributed by atoms with Crippen molar-refractivity contribution in [1.29, 1.82) is 0 Å². The lowest BCUT2D eigenvalue weighted by Gasteiger charge is -2.48. The normalized spacial score (nSPS) is 28.2. The number of hydrogen-bond acceptors (Lipinski definition) is 5. The number of alkyl halides is 3. The van der Waals surface area contributed by atoms with Gasteiger partial charge in [0.2, 0.25) is 5.60 Å². The molecule has 1 N–H and O–H groups in total. The van der Waals surface area contributed by atoms with Crippen molar-refractivity contribution in [1.82, 2.24) is 4.90 Å². The number of hydrogen-bond donors (Lipinski definition) is 1. The molecule has 4 fully saturated rings. The highest BCUT2D eigenvalue weighted by Crippen LogP contribution is 2.45. The Morgan fingerprint density at radius 3 is 2.28 bits per heavy atom. The van der Waals surface area contributed by atoms with Crippen LogP contribution in [0.15, 0.2) is 18.2 Å². The molecule has 1 aromatic rings. The maximum Gasteiger partial charge on any atom is 0.490 e. The quantitative estimate of drug-likeness (QED) is 0.697. The molecule has 158 valence electrons. The Hall–Kier alpha value is -2.04. The summed E-state index contributed by atoms with van der Waals surface area (Å²) in [6, 6.07) is 4.70. The first kappa shape index (κ1) is 21.7. The molecule has 4 saturated heterocycles. The Balaban J connectivity index is 0.000000298. The number of carboxylic acid groups (broad SMARTS) is 1. The average Bonchev–Trinajstić information content (AvgIpc) is 2.88. The highest BCUT2D eigenvalue weighted by atomic mass is 35.5. The van der Waals surface area contributed by atoms with E-state index in [0.717, 1.165) is 30.8 Å². The van der Waals surface area contributed by atoms with Gasteiger partial charge in [0.25, 0.3) is 5.91 Å². The summed E-state index contributed by atoms with van der Waals surface area (Å²) in [4.78, 5) is 37.5. The predicted octanol–water partition coefficient (Wildman–Crippen LogP) is 3.57. The number of aliphatic carboxylic acids is 1. The molecule has 0 aliphatic carbocycles. The van der Waals surface area contributed by atoms with Crippen LogP contribution >= 0.6 is 23.2 Å². The van der Waals surface area contributed by atoms with Gasteiger partial charge in [-0.25, -0.2) is 14.5 Å². The number of ether oxygens (including phenoxy) is 1. The summed E-state index contributed by atoms with van der Waals surface area (Å²) >= 11 is 12.1. The number of carbonyl (C=O) groups is 3. The zero-order chi connectivity index (χ0) is 21.6. The number of amides is 2. The molecular weight excluding hydrogens is 440 g/mol. The summed E-state index contributed by atoms with van der Waals surface area (Å²) in [6.45, 7) is 2.38. The highest BCUT2D eigenvalue weighted by Gasteiger charge is 2.62. The standard InChI is InChI=1S/C15H14Cl2N2O3.C2HF3O2/c16-10-1-2-11(17)12(7-10)19-13(20)15(22-14(19)21)8-18-5-3-9(15)4-6-18;3-2(4,5)1(6)7/h1-2,7,9H,3-6,8H2;(H,6,7). The minimum absolute atomic E-state index is 0.0805. The molecule has 12 heteroatoms. The smallest absolute Gasteiger partial charge is 0.475 e. The average molecular weight is 455 g/mol. The van der Waals surface area contributed by atoms with Gasteiger partial charge in [0.05, 0.1) is 10.7 Å². The molecule has 1 atom stereocenters. The minimum atomic E-state index is -5.08. The van der Waals surface area contributed by atoms with Gasteiger partial charge in [-0.2, -0.15) is 13.2 Å². The summed E-state index contributed by atoms with van der Waals surface area (Å²) in [7, 11) is 0. The molecular formula is C17H15Cl2F3N2O5. The van der Waals surface area contributed by atoms with Crippen LogP contribution in [0.25, 0.3) is 0 Å². The van der Waals surface area contributed by atoms with Crippen LogP contribution in [0.5, 0.6) is 0 Å². The first-order valence-electron chi connectivity index (χ1n) is 8.51. The van der Waals surface area contributed by atoms with Crippen LogP contribution in [-0.4, -0.2) is 59.4 Å². The summed E-state index contributed by atoms with van der Waals surface area (Å²) < 4.78 is 37.3. The molecule has 1 spiro atoms. The van der Waals surface area contributed by atoms with Crippen LogP contribution in [0.3, 0.4) is 0 Å². The van der Waals surface area contributed by atoms with E-state index in [1.807, 2.05) is 0 Å². The second kappa shape index (κ2) is 7.66. The number of anilines is 1. The van der Waals surface area contributed by atoms with Gasteiger partial charge in [-0.1, -0.05) is 23.2 Å². The van der Waals surface area contributed by atoms with E-state index < -0.39 is 23.8 Å². The van der Waals surface area contributed by atoms with Crippen LogP contribution < -0.4 is 4.90 Å². The topological polar surface area (TPSA) is 87.1 Å². The molecule has 4 aliphatic heterocycles. The SMILES string of the molecule is O=C(O)C(F)(F)F.O=C1OC2(CN3CCC2CC3)C(=O)N1c1cc(Cl)ccc1Cl. The van der Waals surface area contributed by atoms with E-state index in [4.69, 9.17) is 37.8 Å². The van der Waals surface area contributed by atoms with Crippen molar-refractivity contribution in [3.8, 4) is 0 Å². The van der Waals surface area contributed by atoms with Gasteiger partial charge in [-0.3, -0.25) is 9.69 Å². The van der Waals surface area contributed by atoms with Crippen molar-refractivity contribution < 1.29 is 37.4 Å². The largest absolute Gasteiger partial charge is 0.490 e. The predicted molar refractivity (Wildman–Crippen MR) is 96.0 cm³/mol. The first-order valence-corrected chi connectivity index (χ1v) is 9.26. The molecule has 7 nitrogen and oxygen atoms in total. The molecule has 0 aromatic heterocycles. The Kier molecular flexibility index (Phi) is 5.72. The van der Waals surface area contributed by atoms with Crippen LogP contribution in [-0.2, 0) is 14.3 Å². The molecule has 2 amide bonds. The monoisotopic (exact) mass is 454 g/mol. The van der Waals surface area contributed by atoms with Gasteiger partial charge in [0.15, 0.2) is 0 Å². The van der Waals surface area contributed by atoms with E-state index in [9.17, 15) is 22.8 Å². The molecule has 29 heavy (non-hydrogen) atoms. The van der Waals surface area contributed by atoms with Crippen molar-refractivity contribution in [3.05, 3.63) is 28.2 Å². The third-order valence-corrected chi connectivity index (χ3v) is 5.67. The van der Waals surface area contributed by atoms with Crippen LogP contribution in [0, 0.1) is 5.92 Å². The Bertz CT molecular complexity index is 858. The zero-order valence-electron chi connectivity index (χ0n) is 14.7. The zero-order valence-corrected chi connectivity index (χ0v) is 16.2. The minimum Gasteiger partial charge on any atom is -0.475 e. The number of fused-ring (bicyclic) bond motifs is 2. The van der Waals surface area contributed by atoms with Crippen molar-refractivity contribution >= 4 is 46.9 Å². The van der Waals surface area contributed by atoms with Crippen molar-refractivity contribution in [2.45, 2.75) is 24.6 Å². The van der Waals surface area contributed by atoms with E-state index in [1.54, 1.807) is 12.1 Å². The number of rotatable bonds is 1. The third-order valence-electron chi connectivity index (χ3n) is 5.11. The molecule has 1 aromatic carbocycles. The number of nitrogens with zero attached hydrogens (tertiary/aromatic N) is 2. The van der Waals surface area contributed by atoms with Gasteiger partial charge < -0.3 is 9.84 Å². The first-order chi connectivity index (χ1) is 13.5. The fourth-order valence-corrected chi connectivity index (χ4v) is 4.13. The van der Waals surface area contributed by atoms with E-state index in [0.29, 0.717) is 16.6 Å². The molecule has 0 radical (unpaired) electrons. The number of benzene rings is 1. The number of imide groups is 1. The van der Waals surface area contributed by atoms with Crippen LogP contribution in [0.2, 0.25) is 10.0 Å². The van der Waals surface area contributed by atoms with Crippen LogP contribution in [0.1, 0.15) is 12.8 Å². The molecule has 1 unspecified atom stereocenters. The highest BCUT2D eigenvalue weighted by molar-refractivity contribution is 6.37. The van der Waals surface area contributed by atoms with Gasteiger partial charge in [-0.05, 0) is 44.1 Å². The Morgan fingerprint density at radius 1 is 1.21 bits per heavy atom. The Labute approximate surface area is 172 Å². The lowest BCUT2D eigenvalue weighted by molar-refractivity contribution is -0.192. The van der Waals surface area contributed by atoms with Crippen molar-refractivity contribution in [2.24, 2.45) is 5.92 Å². The summed E-state index contributed by atoms with van der Waals surface area (Å²) in [5.41, 5.74) is -0.767. The van der Waals surface area contributed by atoms with E-state index in [2.05, 4.69) is 4.90 Å². The van der Waals surface area contributed by atoms with Crippen molar-refractivity contribution in [2.75, 3.05) is 24.5 Å². The fourth-order valence-electron chi connectivity index (χ4n) is 3.76. The molecule has 5 rings (SSSR count). The molecule has 4 aliphatic rings. The lowest BCUT2D eigenvalue weighted by Crippen LogP contribution is -2.63. The molecule has 4 heterocycles. The second-order valence-electron chi connectivity index (χ2n) is 6.85. The molecule has 0 saturated carbocycles. The van der Waals surface area contributed by atoms with Gasteiger partial charge in [0, 0.05) is 17.5 Å².